The minimum Gasteiger partial charge on any atom is -0.481 e. The fourth-order valence-corrected chi connectivity index (χ4v) is 13.1. The van der Waals surface area contributed by atoms with Crippen LogP contribution in [0.15, 0.2) is 60.7 Å². The number of hydrogen-bond acceptors (Lipinski definition) is 25. The molecule has 27 N–H and O–H groups in total. The van der Waals surface area contributed by atoms with Gasteiger partial charge in [-0.15, -0.1) is 0 Å². The van der Waals surface area contributed by atoms with E-state index in [0.29, 0.717) is 30.4 Å². The summed E-state index contributed by atoms with van der Waals surface area (Å²) in [5.41, 5.74) is 23.1. The van der Waals surface area contributed by atoms with Crippen LogP contribution in [-0.4, -0.2) is 294 Å². The lowest BCUT2D eigenvalue weighted by Crippen LogP contribution is -2.62. The maximum absolute atomic E-state index is 14.6. The molecule has 46 heteroatoms. The first-order valence-electron chi connectivity index (χ1n) is 39.8. The zero-order valence-electron chi connectivity index (χ0n) is 68.6. The van der Waals surface area contributed by atoms with Gasteiger partial charge in [0.2, 0.25) is 100 Å². The number of carbonyl (C=O) groups is 21. The maximum Gasteiger partial charge on any atom is 0.326 e. The molecule has 16 atom stereocenters. The smallest absolute Gasteiger partial charge is 0.326 e. The molecule has 2 aromatic rings. The fraction of sp³-hybridized carbons (Fsp3) is 0.571. The number of nitrogens with zero attached hydrogens (tertiary/aromatic N) is 2. The highest BCUT2D eigenvalue weighted by atomic mass is 16.4. The Morgan fingerprint density at radius 2 is 0.756 bits per heavy atom. The number of carboxylic acids is 4. The molecule has 0 saturated carbocycles. The summed E-state index contributed by atoms with van der Waals surface area (Å²) in [6, 6.07) is -7.40. The minimum atomic E-state index is -2.04. The first-order valence-corrected chi connectivity index (χ1v) is 39.8. The lowest BCUT2D eigenvalue weighted by molar-refractivity contribution is -0.149. The molecule has 2 saturated heterocycles. The van der Waals surface area contributed by atoms with Crippen LogP contribution >= 0.6 is 0 Å². The summed E-state index contributed by atoms with van der Waals surface area (Å²) < 4.78 is 0. The fourth-order valence-electron chi connectivity index (χ4n) is 13.1. The average Bonchev–Trinajstić information content (AvgIpc) is 1.79. The molecule has 2 aliphatic rings. The van der Waals surface area contributed by atoms with Crippen molar-refractivity contribution in [3.8, 4) is 0 Å². The van der Waals surface area contributed by atoms with Gasteiger partial charge < -0.3 is 132 Å². The first-order chi connectivity index (χ1) is 57.9. The maximum atomic E-state index is 14.6. The van der Waals surface area contributed by atoms with E-state index in [-0.39, 0.29) is 45.3 Å². The van der Waals surface area contributed by atoms with E-state index in [2.05, 4.69) is 69.1 Å². The van der Waals surface area contributed by atoms with E-state index >= 15 is 0 Å². The van der Waals surface area contributed by atoms with E-state index in [1.165, 1.54) is 49.9 Å². The molecule has 0 spiro atoms. The number of likely N-dealkylation sites (tertiary alicyclic amines) is 2. The summed E-state index contributed by atoms with van der Waals surface area (Å²) in [6.45, 7) is 4.67. The molecule has 2 aromatic carbocycles. The second-order valence-electron chi connectivity index (χ2n) is 30.0. The van der Waals surface area contributed by atoms with Gasteiger partial charge >= 0.3 is 23.9 Å². The van der Waals surface area contributed by atoms with E-state index in [1.54, 1.807) is 36.4 Å². The number of aliphatic hydroxyl groups excluding tert-OH is 2. The van der Waals surface area contributed by atoms with Gasteiger partial charge in [0, 0.05) is 45.2 Å². The molecule has 0 aromatic heterocycles. The van der Waals surface area contributed by atoms with E-state index in [1.807, 2.05) is 0 Å². The highest BCUT2D eigenvalue weighted by molar-refractivity contribution is 6.02. The molecular formula is C77H113N19O27. The number of amides is 17. The van der Waals surface area contributed by atoms with Gasteiger partial charge in [-0.2, -0.15) is 0 Å². The van der Waals surface area contributed by atoms with Crippen LogP contribution < -0.4 is 92.1 Å². The topological polar surface area (TPSA) is 747 Å². The Hall–Kier alpha value is -12.8. The van der Waals surface area contributed by atoms with Crippen molar-refractivity contribution >= 4 is 124 Å². The third kappa shape index (κ3) is 35.0. The lowest BCUT2D eigenvalue weighted by Gasteiger charge is -2.30. The second-order valence-corrected chi connectivity index (χ2v) is 30.0. The van der Waals surface area contributed by atoms with Gasteiger partial charge in [-0.25, -0.2) is 4.79 Å². The summed E-state index contributed by atoms with van der Waals surface area (Å²) in [7, 11) is 0. The largest absolute Gasteiger partial charge is 0.481 e. The number of carboxylic acid groups (broad SMARTS) is 4. The van der Waals surface area contributed by atoms with Crippen molar-refractivity contribution in [1.82, 2.24) is 78.9 Å². The SMILES string of the molecule is CC(C)[C@H](NC(=O)[C@H](CCC(=O)O)NC(=O)[C@@H]1CCCN1C(=O)[C@H](C)N)C(=O)N[C@@H](CC(N)=O)C(=O)N[C@@H](Cc1ccccc1)C(=O)N[C@H](C(=O)N[C@@H](Cc1ccccc1)C(=O)N[C@@H](CCC(=O)O)C(=O)NCC(=O)N[C@@H](CCC(=O)O)C(=O)N[C@H](C(=O)NCC(=O)N[C@@H](CCCCN)C(=O)N[C@@H](CC(N)=O)C(=O)N1CCC[C@H]1C(=O)O)[C@@H](C)O)[C@@H](C)O. The van der Waals surface area contributed by atoms with Crippen LogP contribution in [0.3, 0.4) is 0 Å². The zero-order chi connectivity index (χ0) is 92.1. The van der Waals surface area contributed by atoms with Gasteiger partial charge in [0.05, 0.1) is 44.2 Å². The average molecular weight is 1740 g/mol. The molecule has 2 heterocycles. The summed E-state index contributed by atoms with van der Waals surface area (Å²) in [6.07, 6.45) is -9.02. The highest BCUT2D eigenvalue weighted by Gasteiger charge is 2.43. The molecule has 678 valence electrons. The summed E-state index contributed by atoms with van der Waals surface area (Å²) >= 11 is 0. The van der Waals surface area contributed by atoms with Gasteiger partial charge in [0.1, 0.15) is 78.5 Å². The number of nitrogens with two attached hydrogens (primary N) is 4. The van der Waals surface area contributed by atoms with Gasteiger partial charge in [-0.3, -0.25) is 95.9 Å². The monoisotopic (exact) mass is 1740 g/mol. The van der Waals surface area contributed by atoms with E-state index in [4.69, 9.17) is 22.9 Å². The lowest BCUT2D eigenvalue weighted by atomic mass is 10.0. The van der Waals surface area contributed by atoms with Crippen molar-refractivity contribution in [2.45, 2.75) is 241 Å². The first kappa shape index (κ1) is 102. The summed E-state index contributed by atoms with van der Waals surface area (Å²) in [5.74, 6) is -25.3. The standard InChI is InChI=1S/C77H113N19O27/c1-38(2)61(92-67(112)47(25-28-60(107)108)87-71(116)52-21-14-30-95(52)75(120)39(3)79)73(118)90-50(34-54(80)99)69(114)88-49(33-43-18-10-7-11-19-43)70(115)94-63(41(5)98)74(119)89-48(32-42-16-8-6-9-17-42)68(113)86-45(23-26-58(103)104)64(109)82-36-56(101)85-46(24-27-59(105)106)66(111)93-62(40(4)97)72(117)83-37-57(102)84-44(20-12-13-29-78)65(110)91-51(35-55(81)100)76(121)96-31-15-22-53(96)77(122)123/h6-11,16-19,38-41,44-53,61-63,97-98H,12-15,20-37,78-79H2,1-5H3,(H2,80,99)(H2,81,100)(H,82,109)(H,83,117)(H,84,102)(H,85,101)(H,86,113)(H,87,116)(H,88,114)(H,89,119)(H,90,118)(H,91,110)(H,92,112)(H,93,111)(H,94,115)(H,103,104)(H,105,106)(H,107,108)(H,122,123)/t39-,40+,41+,44-,45-,46-,47-,48-,49-,50-,51-,52-,53-,61-,62-,63-/m0/s1. The van der Waals surface area contributed by atoms with Crippen LogP contribution in [0.5, 0.6) is 0 Å². The molecule has 46 nitrogen and oxygen atoms in total. The van der Waals surface area contributed by atoms with E-state index in [9.17, 15) is 131 Å². The third-order valence-corrected chi connectivity index (χ3v) is 19.6. The predicted molar refractivity (Wildman–Crippen MR) is 428 cm³/mol. The number of primary amides is 2. The quantitative estimate of drug-likeness (QED) is 0.0274. The highest BCUT2D eigenvalue weighted by Crippen LogP contribution is 2.22. The summed E-state index contributed by atoms with van der Waals surface area (Å²) in [5, 5.41) is 90.6. The molecule has 0 bridgehead atoms. The van der Waals surface area contributed by atoms with Crippen molar-refractivity contribution in [2.24, 2.45) is 28.9 Å². The van der Waals surface area contributed by atoms with Crippen LogP contribution in [0.1, 0.15) is 142 Å². The van der Waals surface area contributed by atoms with Gasteiger partial charge in [-0.1, -0.05) is 74.5 Å². The Labute approximate surface area is 705 Å². The second kappa shape index (κ2) is 51.0. The zero-order valence-corrected chi connectivity index (χ0v) is 68.6. The van der Waals surface area contributed by atoms with Crippen molar-refractivity contribution < 1.29 is 131 Å². The molecule has 2 fully saturated rings. The van der Waals surface area contributed by atoms with Crippen LogP contribution in [0.4, 0.5) is 0 Å². The van der Waals surface area contributed by atoms with E-state index in [0.717, 1.165) is 18.7 Å². The molecule has 0 unspecified atom stereocenters. The number of hydrogen-bond donors (Lipinski definition) is 23. The third-order valence-electron chi connectivity index (χ3n) is 19.6. The summed E-state index contributed by atoms with van der Waals surface area (Å²) in [4.78, 5) is 283. The molecule has 4 rings (SSSR count). The van der Waals surface area contributed by atoms with Crippen molar-refractivity contribution in [1.29, 1.82) is 0 Å². The number of carbonyl (C=O) groups excluding carboxylic acids is 17. The molecule has 123 heavy (non-hydrogen) atoms. The number of aliphatic carboxylic acids is 4. The number of nitrogens with one attached hydrogen (secondary N) is 13. The Morgan fingerprint density at radius 3 is 1.20 bits per heavy atom. The molecular weight excluding hydrogens is 1620 g/mol. The van der Waals surface area contributed by atoms with Gasteiger partial charge in [0.25, 0.3) is 0 Å². The van der Waals surface area contributed by atoms with Crippen LogP contribution in [0, 0.1) is 5.92 Å². The molecule has 0 aliphatic carbocycles. The normalized spacial score (nSPS) is 17.0. The Kier molecular flexibility index (Phi) is 42.5. The molecule has 17 amide bonds. The van der Waals surface area contributed by atoms with Crippen LogP contribution in [-0.2, 0) is 114 Å². The van der Waals surface area contributed by atoms with E-state index < -0.39 is 304 Å². The van der Waals surface area contributed by atoms with Crippen molar-refractivity contribution in [2.75, 3.05) is 32.7 Å². The van der Waals surface area contributed by atoms with Crippen molar-refractivity contribution in [3.63, 3.8) is 0 Å². The molecule has 0 radical (unpaired) electrons. The Balaban J connectivity index is 1.53. The van der Waals surface area contributed by atoms with Gasteiger partial charge in [0.15, 0.2) is 0 Å². The molecule has 2 aliphatic heterocycles. The van der Waals surface area contributed by atoms with Crippen molar-refractivity contribution in [3.05, 3.63) is 71.8 Å². The number of benzene rings is 2. The Morgan fingerprint density at radius 1 is 0.398 bits per heavy atom. The number of aliphatic hydroxyl groups is 2. The van der Waals surface area contributed by atoms with Gasteiger partial charge in [-0.05, 0) is 109 Å². The minimum absolute atomic E-state index is 0.0141. The predicted octanol–water partition coefficient (Wildman–Crippen LogP) is -8.66. The number of rotatable bonds is 53. The Bertz CT molecular complexity index is 4100. The number of unbranched alkanes of at least 4 members (excludes halogenated alkanes) is 1. The van der Waals surface area contributed by atoms with Crippen LogP contribution in [0.2, 0.25) is 0 Å². The van der Waals surface area contributed by atoms with Crippen LogP contribution in [0.25, 0.3) is 0 Å².